The lowest BCUT2D eigenvalue weighted by Gasteiger charge is -2.04. The molecular formula is C7H14O3. The summed E-state index contributed by atoms with van der Waals surface area (Å²) < 4.78 is 4.65. The number of unbranched alkanes of at least 4 members (excludes halogenated alkanes) is 1. The minimum Gasteiger partial charge on any atom is -0.464 e. The molecule has 0 unspecified atom stereocenters. The Morgan fingerprint density at radius 3 is 2.70 bits per heavy atom. The van der Waals surface area contributed by atoms with Gasteiger partial charge in [0.25, 0.3) is 0 Å². The third kappa shape index (κ3) is 4.32. The van der Waals surface area contributed by atoms with Gasteiger partial charge in [0, 0.05) is 0 Å². The van der Waals surface area contributed by atoms with E-state index < -0.39 is 12.1 Å². The molecule has 0 bridgehead atoms. The van der Waals surface area contributed by atoms with Crippen molar-refractivity contribution in [2.45, 2.75) is 32.8 Å². The van der Waals surface area contributed by atoms with Crippen LogP contribution < -0.4 is 0 Å². The van der Waals surface area contributed by atoms with Crippen molar-refractivity contribution in [3.8, 4) is 0 Å². The zero-order chi connectivity index (χ0) is 7.98. The molecule has 0 rings (SSSR count). The van der Waals surface area contributed by atoms with Crippen molar-refractivity contribution in [2.75, 3.05) is 6.61 Å². The summed E-state index contributed by atoms with van der Waals surface area (Å²) in [6, 6.07) is 0. The van der Waals surface area contributed by atoms with Crippen LogP contribution in [0.2, 0.25) is 0 Å². The van der Waals surface area contributed by atoms with Gasteiger partial charge in [-0.2, -0.15) is 0 Å². The quantitative estimate of drug-likeness (QED) is 0.469. The largest absolute Gasteiger partial charge is 0.464 e. The van der Waals surface area contributed by atoms with Gasteiger partial charge in [-0.3, -0.25) is 0 Å². The Labute approximate surface area is 61.0 Å². The summed E-state index contributed by atoms with van der Waals surface area (Å²) in [7, 11) is 0. The molecule has 0 aromatic rings. The highest BCUT2D eigenvalue weighted by atomic mass is 16.5. The van der Waals surface area contributed by atoms with Gasteiger partial charge in [0.15, 0.2) is 0 Å². The lowest BCUT2D eigenvalue weighted by Crippen LogP contribution is -2.19. The predicted molar refractivity (Wildman–Crippen MR) is 37.5 cm³/mol. The molecule has 1 atom stereocenters. The number of aliphatic hydroxyl groups excluding tert-OH is 1. The van der Waals surface area contributed by atoms with Crippen LogP contribution in [0.5, 0.6) is 0 Å². The maximum Gasteiger partial charge on any atom is 0.334 e. The van der Waals surface area contributed by atoms with E-state index in [1.165, 1.54) is 6.92 Å². The molecule has 0 saturated carbocycles. The van der Waals surface area contributed by atoms with Crippen LogP contribution in [-0.2, 0) is 9.53 Å². The Morgan fingerprint density at radius 2 is 2.30 bits per heavy atom. The molecule has 0 aromatic heterocycles. The second-order valence-electron chi connectivity index (χ2n) is 2.20. The van der Waals surface area contributed by atoms with Crippen molar-refractivity contribution in [1.82, 2.24) is 0 Å². The highest BCUT2D eigenvalue weighted by Crippen LogP contribution is 1.91. The van der Waals surface area contributed by atoms with Gasteiger partial charge in [-0.25, -0.2) is 4.79 Å². The molecule has 0 heterocycles. The Morgan fingerprint density at radius 1 is 1.70 bits per heavy atom. The van der Waals surface area contributed by atoms with Crippen LogP contribution in [0.4, 0.5) is 0 Å². The summed E-state index contributed by atoms with van der Waals surface area (Å²) in [5.74, 6) is -0.534. The molecule has 0 aliphatic heterocycles. The van der Waals surface area contributed by atoms with E-state index in [0.717, 1.165) is 12.8 Å². The van der Waals surface area contributed by atoms with Crippen LogP contribution in [-0.4, -0.2) is 23.8 Å². The fraction of sp³-hybridized carbons (Fsp3) is 0.857. The molecule has 60 valence electrons. The Kier molecular flexibility index (Phi) is 4.94. The Bertz CT molecular complexity index is 99.0. The number of hydrogen-bond acceptors (Lipinski definition) is 3. The summed E-state index contributed by atoms with van der Waals surface area (Å²) >= 11 is 0. The van der Waals surface area contributed by atoms with Gasteiger partial charge < -0.3 is 9.84 Å². The zero-order valence-corrected chi connectivity index (χ0v) is 6.46. The smallest absolute Gasteiger partial charge is 0.334 e. The van der Waals surface area contributed by atoms with E-state index in [0.29, 0.717) is 6.61 Å². The molecule has 0 saturated heterocycles. The van der Waals surface area contributed by atoms with Gasteiger partial charge in [0.1, 0.15) is 6.10 Å². The number of rotatable bonds is 4. The van der Waals surface area contributed by atoms with Gasteiger partial charge in [0.05, 0.1) is 6.61 Å². The van der Waals surface area contributed by atoms with Gasteiger partial charge in [-0.05, 0) is 13.3 Å². The molecule has 0 aliphatic rings. The zero-order valence-electron chi connectivity index (χ0n) is 6.46. The summed E-state index contributed by atoms with van der Waals surface area (Å²) in [5, 5.41) is 8.65. The lowest BCUT2D eigenvalue weighted by molar-refractivity contribution is -0.152. The van der Waals surface area contributed by atoms with Crippen molar-refractivity contribution in [2.24, 2.45) is 0 Å². The van der Waals surface area contributed by atoms with Crippen LogP contribution in [0.1, 0.15) is 26.7 Å². The van der Waals surface area contributed by atoms with Gasteiger partial charge in [0.2, 0.25) is 0 Å². The second-order valence-corrected chi connectivity index (χ2v) is 2.20. The van der Waals surface area contributed by atoms with E-state index >= 15 is 0 Å². The monoisotopic (exact) mass is 146 g/mol. The average molecular weight is 146 g/mol. The third-order valence-corrected chi connectivity index (χ3v) is 1.08. The highest BCUT2D eigenvalue weighted by Gasteiger charge is 2.08. The van der Waals surface area contributed by atoms with Crippen molar-refractivity contribution >= 4 is 5.97 Å². The fourth-order valence-corrected chi connectivity index (χ4v) is 0.438. The van der Waals surface area contributed by atoms with Crippen molar-refractivity contribution in [1.29, 1.82) is 0 Å². The lowest BCUT2D eigenvalue weighted by atomic mass is 10.3. The van der Waals surface area contributed by atoms with Crippen molar-refractivity contribution in [3.63, 3.8) is 0 Å². The second kappa shape index (κ2) is 5.23. The van der Waals surface area contributed by atoms with Crippen LogP contribution in [0.25, 0.3) is 0 Å². The van der Waals surface area contributed by atoms with Crippen LogP contribution in [0, 0.1) is 0 Å². The Balaban J connectivity index is 3.22. The number of esters is 1. The Hall–Kier alpha value is -0.570. The fourth-order valence-electron chi connectivity index (χ4n) is 0.438. The van der Waals surface area contributed by atoms with Crippen LogP contribution >= 0.6 is 0 Å². The van der Waals surface area contributed by atoms with E-state index in [1.54, 1.807) is 0 Å². The average Bonchev–Trinajstić information content (AvgIpc) is 1.88. The van der Waals surface area contributed by atoms with E-state index in [2.05, 4.69) is 4.74 Å². The molecule has 3 heteroatoms. The maximum atomic E-state index is 10.5. The van der Waals surface area contributed by atoms with E-state index in [1.807, 2.05) is 6.92 Å². The van der Waals surface area contributed by atoms with E-state index in [-0.39, 0.29) is 0 Å². The summed E-state index contributed by atoms with van der Waals surface area (Å²) in [6.07, 6.45) is 0.864. The summed E-state index contributed by atoms with van der Waals surface area (Å²) in [5.41, 5.74) is 0. The molecule has 0 radical (unpaired) electrons. The SMILES string of the molecule is CCCCOC(=O)[C@H](C)O. The molecule has 3 nitrogen and oxygen atoms in total. The summed E-state index contributed by atoms with van der Waals surface area (Å²) in [4.78, 5) is 10.5. The minimum absolute atomic E-state index is 0.417. The number of hydrogen-bond donors (Lipinski definition) is 1. The first-order valence-corrected chi connectivity index (χ1v) is 3.53. The molecule has 10 heavy (non-hydrogen) atoms. The van der Waals surface area contributed by atoms with Crippen molar-refractivity contribution < 1.29 is 14.6 Å². The topological polar surface area (TPSA) is 46.5 Å². The number of carbonyl (C=O) groups excluding carboxylic acids is 1. The van der Waals surface area contributed by atoms with Crippen LogP contribution in [0.15, 0.2) is 0 Å². The number of ether oxygens (including phenoxy) is 1. The van der Waals surface area contributed by atoms with E-state index in [9.17, 15) is 4.79 Å². The minimum atomic E-state index is -0.989. The molecule has 0 amide bonds. The van der Waals surface area contributed by atoms with Gasteiger partial charge >= 0.3 is 5.97 Å². The number of carbonyl (C=O) groups is 1. The first-order valence-electron chi connectivity index (χ1n) is 3.53. The number of aliphatic hydroxyl groups is 1. The standard InChI is InChI=1S/C7H14O3/c1-3-4-5-10-7(9)6(2)8/h6,8H,3-5H2,1-2H3/t6-/m0/s1. The first-order chi connectivity index (χ1) is 4.68. The normalized spacial score (nSPS) is 12.7. The predicted octanol–water partition coefficient (Wildman–Crippen LogP) is 0.710. The summed E-state index contributed by atoms with van der Waals surface area (Å²) in [6.45, 7) is 3.82. The van der Waals surface area contributed by atoms with Gasteiger partial charge in [-0.15, -0.1) is 0 Å². The molecule has 0 aliphatic carbocycles. The molecular weight excluding hydrogens is 132 g/mol. The highest BCUT2D eigenvalue weighted by molar-refractivity contribution is 5.73. The maximum absolute atomic E-state index is 10.5. The molecule has 0 fully saturated rings. The van der Waals surface area contributed by atoms with E-state index in [4.69, 9.17) is 5.11 Å². The third-order valence-electron chi connectivity index (χ3n) is 1.08. The van der Waals surface area contributed by atoms with Crippen LogP contribution in [0.3, 0.4) is 0 Å². The van der Waals surface area contributed by atoms with Gasteiger partial charge in [-0.1, -0.05) is 13.3 Å². The first kappa shape index (κ1) is 9.43. The molecule has 0 aromatic carbocycles. The molecule has 0 spiro atoms. The van der Waals surface area contributed by atoms with Crippen molar-refractivity contribution in [3.05, 3.63) is 0 Å². The molecule has 1 N–H and O–H groups in total.